The van der Waals surface area contributed by atoms with Crippen molar-refractivity contribution in [2.75, 3.05) is 18.1 Å². The first-order valence-electron chi connectivity index (χ1n) is 5.47. The molecule has 1 heterocycles. The number of thioether (sulfide) groups is 1. The Morgan fingerprint density at radius 3 is 2.83 bits per heavy atom. The van der Waals surface area contributed by atoms with Crippen molar-refractivity contribution in [2.24, 2.45) is 0 Å². The SMILES string of the molecule is CC1CSCCN1S(=O)(=O)c1ccc(Br)cc1Cl. The van der Waals surface area contributed by atoms with Gasteiger partial charge in [-0.1, -0.05) is 27.5 Å². The Bertz CT molecular complexity index is 550. The monoisotopic (exact) mass is 369 g/mol. The first-order valence-corrected chi connectivity index (χ1v) is 9.24. The van der Waals surface area contributed by atoms with Gasteiger partial charge in [0.05, 0.1) is 5.02 Å². The van der Waals surface area contributed by atoms with Crippen molar-refractivity contribution in [3.05, 3.63) is 27.7 Å². The number of benzene rings is 1. The summed E-state index contributed by atoms with van der Waals surface area (Å²) in [6.45, 7) is 2.47. The van der Waals surface area contributed by atoms with Gasteiger partial charge in [-0.3, -0.25) is 0 Å². The van der Waals surface area contributed by atoms with E-state index in [-0.39, 0.29) is 16.0 Å². The van der Waals surface area contributed by atoms with E-state index in [1.54, 1.807) is 34.3 Å². The van der Waals surface area contributed by atoms with Gasteiger partial charge in [0, 0.05) is 28.6 Å². The number of hydrogen-bond acceptors (Lipinski definition) is 3. The lowest BCUT2D eigenvalue weighted by Gasteiger charge is -2.32. The Morgan fingerprint density at radius 1 is 1.50 bits per heavy atom. The van der Waals surface area contributed by atoms with Crippen LogP contribution in [-0.2, 0) is 10.0 Å². The van der Waals surface area contributed by atoms with Crippen molar-refractivity contribution in [2.45, 2.75) is 17.9 Å². The van der Waals surface area contributed by atoms with Crippen LogP contribution in [0.5, 0.6) is 0 Å². The van der Waals surface area contributed by atoms with Gasteiger partial charge in [0.25, 0.3) is 0 Å². The second kappa shape index (κ2) is 5.71. The van der Waals surface area contributed by atoms with Crippen LogP contribution in [0.1, 0.15) is 6.92 Å². The first kappa shape index (κ1) is 14.7. The molecule has 1 unspecified atom stereocenters. The number of halogens is 2. The molecule has 100 valence electrons. The maximum Gasteiger partial charge on any atom is 0.244 e. The Morgan fingerprint density at radius 2 is 2.22 bits per heavy atom. The zero-order valence-electron chi connectivity index (χ0n) is 9.77. The fourth-order valence-electron chi connectivity index (χ4n) is 1.88. The molecule has 1 aliphatic rings. The van der Waals surface area contributed by atoms with Gasteiger partial charge in [0.2, 0.25) is 10.0 Å². The van der Waals surface area contributed by atoms with Crippen molar-refractivity contribution >= 4 is 49.3 Å². The standard InChI is InChI=1S/C11H13BrClNO2S2/c1-8-7-17-5-4-14(8)18(15,16)11-3-2-9(12)6-10(11)13/h2-3,6,8H,4-5,7H2,1H3. The van der Waals surface area contributed by atoms with Crippen molar-refractivity contribution in [1.82, 2.24) is 4.31 Å². The van der Waals surface area contributed by atoms with Crippen LogP contribution in [0.25, 0.3) is 0 Å². The van der Waals surface area contributed by atoms with Crippen LogP contribution in [0.4, 0.5) is 0 Å². The molecule has 1 saturated heterocycles. The predicted octanol–water partition coefficient (Wildman–Crippen LogP) is 3.23. The second-order valence-electron chi connectivity index (χ2n) is 4.11. The van der Waals surface area contributed by atoms with E-state index >= 15 is 0 Å². The van der Waals surface area contributed by atoms with Crippen LogP contribution in [0.15, 0.2) is 27.6 Å². The molecule has 2 rings (SSSR count). The first-order chi connectivity index (χ1) is 8.43. The summed E-state index contributed by atoms with van der Waals surface area (Å²) in [6, 6.07) is 4.87. The Hall–Kier alpha value is 0.250. The molecule has 18 heavy (non-hydrogen) atoms. The Labute approximate surface area is 125 Å². The molecule has 7 heteroatoms. The summed E-state index contributed by atoms with van der Waals surface area (Å²) in [6.07, 6.45) is 0. The third kappa shape index (κ3) is 2.88. The van der Waals surface area contributed by atoms with Gasteiger partial charge < -0.3 is 0 Å². The van der Waals surface area contributed by atoms with Crippen molar-refractivity contribution in [3.63, 3.8) is 0 Å². The summed E-state index contributed by atoms with van der Waals surface area (Å²) in [7, 11) is -3.49. The molecule has 0 radical (unpaired) electrons. The predicted molar refractivity (Wildman–Crippen MR) is 79.8 cm³/mol. The maximum atomic E-state index is 12.5. The molecule has 0 bridgehead atoms. The van der Waals surface area contributed by atoms with E-state index in [0.717, 1.165) is 16.0 Å². The molecule has 0 amide bonds. The minimum atomic E-state index is -3.49. The van der Waals surface area contributed by atoms with Crippen LogP contribution >= 0.6 is 39.3 Å². The van der Waals surface area contributed by atoms with Gasteiger partial charge in [-0.2, -0.15) is 16.1 Å². The van der Waals surface area contributed by atoms with E-state index in [0.29, 0.717) is 6.54 Å². The molecular formula is C11H13BrClNO2S2. The molecule has 1 aromatic rings. The lowest BCUT2D eigenvalue weighted by atomic mass is 10.4. The highest BCUT2D eigenvalue weighted by atomic mass is 79.9. The maximum absolute atomic E-state index is 12.5. The van der Waals surface area contributed by atoms with Gasteiger partial charge in [-0.15, -0.1) is 0 Å². The van der Waals surface area contributed by atoms with E-state index in [1.807, 2.05) is 6.92 Å². The van der Waals surface area contributed by atoms with Crippen molar-refractivity contribution < 1.29 is 8.42 Å². The van der Waals surface area contributed by atoms with E-state index in [9.17, 15) is 8.42 Å². The molecule has 0 spiro atoms. The molecule has 1 fully saturated rings. The van der Waals surface area contributed by atoms with E-state index in [2.05, 4.69) is 15.9 Å². The molecule has 1 aliphatic heterocycles. The molecule has 1 aromatic carbocycles. The molecule has 0 aliphatic carbocycles. The van der Waals surface area contributed by atoms with Crippen molar-refractivity contribution in [1.29, 1.82) is 0 Å². The summed E-state index contributed by atoms with van der Waals surface area (Å²) in [5.74, 6) is 1.66. The summed E-state index contributed by atoms with van der Waals surface area (Å²) in [4.78, 5) is 0.186. The Kier molecular flexibility index (Phi) is 4.65. The molecule has 0 aromatic heterocycles. The van der Waals surface area contributed by atoms with Crippen molar-refractivity contribution in [3.8, 4) is 0 Å². The molecule has 0 saturated carbocycles. The summed E-state index contributed by atoms with van der Waals surface area (Å²) < 4.78 is 27.4. The van der Waals surface area contributed by atoms with Gasteiger partial charge in [-0.05, 0) is 25.1 Å². The fraction of sp³-hybridized carbons (Fsp3) is 0.455. The smallest absolute Gasteiger partial charge is 0.207 e. The minimum Gasteiger partial charge on any atom is -0.207 e. The van der Waals surface area contributed by atoms with Gasteiger partial charge >= 0.3 is 0 Å². The molecular weight excluding hydrogens is 358 g/mol. The largest absolute Gasteiger partial charge is 0.244 e. The molecule has 3 nitrogen and oxygen atoms in total. The van der Waals surface area contributed by atoms with E-state index < -0.39 is 10.0 Å². The topological polar surface area (TPSA) is 37.4 Å². The van der Waals surface area contributed by atoms with E-state index in [1.165, 1.54) is 0 Å². The van der Waals surface area contributed by atoms with Crippen LogP contribution in [0.2, 0.25) is 5.02 Å². The number of nitrogens with zero attached hydrogens (tertiary/aromatic N) is 1. The lowest BCUT2D eigenvalue weighted by molar-refractivity contribution is 0.367. The highest BCUT2D eigenvalue weighted by molar-refractivity contribution is 9.10. The second-order valence-corrected chi connectivity index (χ2v) is 8.45. The van der Waals surface area contributed by atoms with Crippen LogP contribution < -0.4 is 0 Å². The molecule has 1 atom stereocenters. The highest BCUT2D eigenvalue weighted by Gasteiger charge is 2.32. The minimum absolute atomic E-state index is 0.00784. The summed E-state index contributed by atoms with van der Waals surface area (Å²) >= 11 is 11.1. The van der Waals surface area contributed by atoms with Crippen LogP contribution in [0, 0.1) is 0 Å². The zero-order valence-corrected chi connectivity index (χ0v) is 13.7. The Balaban J connectivity index is 2.41. The van der Waals surface area contributed by atoms with Crippen LogP contribution in [0.3, 0.4) is 0 Å². The quantitative estimate of drug-likeness (QED) is 0.802. The average Bonchev–Trinajstić information content (AvgIpc) is 2.28. The highest BCUT2D eigenvalue weighted by Crippen LogP contribution is 2.30. The fourth-order valence-corrected chi connectivity index (χ4v) is 5.75. The lowest BCUT2D eigenvalue weighted by Crippen LogP contribution is -2.44. The molecule has 0 N–H and O–H groups in total. The third-order valence-electron chi connectivity index (χ3n) is 2.79. The van der Waals surface area contributed by atoms with Gasteiger partial charge in [0.15, 0.2) is 0 Å². The average molecular weight is 371 g/mol. The number of rotatable bonds is 2. The normalized spacial score (nSPS) is 22.1. The summed E-state index contributed by atoms with van der Waals surface area (Å²) in [5, 5.41) is 0.259. The van der Waals surface area contributed by atoms with Crippen LogP contribution in [-0.4, -0.2) is 36.8 Å². The van der Waals surface area contributed by atoms with Gasteiger partial charge in [0.1, 0.15) is 4.90 Å². The number of hydrogen-bond donors (Lipinski definition) is 0. The third-order valence-corrected chi connectivity index (χ3v) is 6.97. The zero-order chi connectivity index (χ0) is 13.3. The number of sulfonamides is 1. The van der Waals surface area contributed by atoms with Gasteiger partial charge in [-0.25, -0.2) is 8.42 Å². The summed E-state index contributed by atoms with van der Waals surface area (Å²) in [5.41, 5.74) is 0. The van der Waals surface area contributed by atoms with E-state index in [4.69, 9.17) is 11.6 Å².